The second-order valence-corrected chi connectivity index (χ2v) is 14.8. The summed E-state index contributed by atoms with van der Waals surface area (Å²) in [7, 11) is 1.75. The molecule has 47 heavy (non-hydrogen) atoms. The predicted octanol–water partition coefficient (Wildman–Crippen LogP) is 5.43. The van der Waals surface area contributed by atoms with Crippen molar-refractivity contribution in [2.75, 3.05) is 20.1 Å². The highest BCUT2D eigenvalue weighted by Gasteiger charge is 2.39. The van der Waals surface area contributed by atoms with Crippen LogP contribution in [-0.2, 0) is 30.3 Å². The molecule has 2 fully saturated rings. The number of likely N-dealkylation sites (tertiary alicyclic amines) is 2. The monoisotopic (exact) mass is 650 g/mol. The number of esters is 1. The molecule has 3 unspecified atom stereocenters. The SMILES string of the molecule is C/C(=C\C(C(C)C)N(C)C(=O)C(NC(=O)[C@H]1CCCCN1C(C)C)C(C)C)C(=O)N1CCC[C@H]1C(=O)OC1CCCc2ccccc21. The van der Waals surface area contributed by atoms with Gasteiger partial charge in [-0.1, -0.05) is 64.5 Å². The van der Waals surface area contributed by atoms with Gasteiger partial charge in [-0.05, 0) is 95.2 Å². The maximum absolute atomic E-state index is 14.0. The summed E-state index contributed by atoms with van der Waals surface area (Å²) in [6, 6.07) is 6.45. The number of piperidine rings is 1. The van der Waals surface area contributed by atoms with Crippen LogP contribution in [-0.4, -0.2) is 88.7 Å². The van der Waals surface area contributed by atoms with Crippen LogP contribution >= 0.6 is 0 Å². The molecule has 2 aliphatic heterocycles. The molecule has 4 rings (SSSR count). The molecule has 0 spiro atoms. The van der Waals surface area contributed by atoms with Gasteiger partial charge in [0, 0.05) is 25.2 Å². The largest absolute Gasteiger partial charge is 0.456 e. The number of likely N-dealkylation sites (N-methyl/N-ethyl adjacent to an activating group) is 1. The zero-order valence-corrected chi connectivity index (χ0v) is 30.0. The Morgan fingerprint density at radius 2 is 1.60 bits per heavy atom. The lowest BCUT2D eigenvalue weighted by atomic mass is 9.89. The summed E-state index contributed by atoms with van der Waals surface area (Å²) in [6.45, 7) is 15.3. The third kappa shape index (κ3) is 8.64. The first-order valence-electron chi connectivity index (χ1n) is 17.9. The van der Waals surface area contributed by atoms with E-state index in [0.29, 0.717) is 18.5 Å². The molecule has 1 aliphatic carbocycles. The molecule has 260 valence electrons. The number of fused-ring (bicyclic) bond motifs is 1. The summed E-state index contributed by atoms with van der Waals surface area (Å²) in [5.41, 5.74) is 2.78. The Morgan fingerprint density at radius 3 is 2.28 bits per heavy atom. The van der Waals surface area contributed by atoms with Gasteiger partial charge in [0.25, 0.3) is 0 Å². The van der Waals surface area contributed by atoms with E-state index in [2.05, 4.69) is 30.1 Å². The summed E-state index contributed by atoms with van der Waals surface area (Å²) in [5.74, 6) is -0.925. The molecule has 1 N–H and O–H groups in total. The molecular weight excluding hydrogens is 592 g/mol. The molecule has 0 radical (unpaired) electrons. The topological polar surface area (TPSA) is 99.3 Å². The number of nitrogens with zero attached hydrogens (tertiary/aromatic N) is 3. The minimum Gasteiger partial charge on any atom is -0.456 e. The lowest BCUT2D eigenvalue weighted by Gasteiger charge is -2.39. The number of benzene rings is 1. The number of rotatable bonds is 11. The van der Waals surface area contributed by atoms with Crippen molar-refractivity contribution in [3.8, 4) is 0 Å². The Morgan fingerprint density at radius 1 is 0.894 bits per heavy atom. The number of ether oxygens (including phenoxy) is 1. The molecular formula is C38H58N4O5. The van der Waals surface area contributed by atoms with Crippen molar-refractivity contribution in [1.29, 1.82) is 0 Å². The molecule has 9 nitrogen and oxygen atoms in total. The zero-order chi connectivity index (χ0) is 34.4. The van der Waals surface area contributed by atoms with Gasteiger partial charge < -0.3 is 19.9 Å². The summed E-state index contributed by atoms with van der Waals surface area (Å²) in [6.07, 6.45) is 8.47. The number of hydrogen-bond acceptors (Lipinski definition) is 6. The molecule has 0 saturated carbocycles. The van der Waals surface area contributed by atoms with E-state index in [0.717, 1.165) is 57.1 Å². The lowest BCUT2D eigenvalue weighted by molar-refractivity contribution is -0.158. The van der Waals surface area contributed by atoms with Crippen LogP contribution in [0.2, 0.25) is 0 Å². The van der Waals surface area contributed by atoms with E-state index in [9.17, 15) is 19.2 Å². The summed E-state index contributed by atoms with van der Waals surface area (Å²) < 4.78 is 6.05. The molecule has 9 heteroatoms. The van der Waals surface area contributed by atoms with Crippen LogP contribution in [0.1, 0.15) is 111 Å². The Bertz CT molecular complexity index is 1310. The number of aryl methyl sites for hydroxylation is 1. The van der Waals surface area contributed by atoms with E-state index >= 15 is 0 Å². The third-order valence-corrected chi connectivity index (χ3v) is 10.3. The standard InChI is InChI=1S/C38H58N4O5/c1-24(2)32(40(8)37(45)34(25(3)4)39-35(43)30-18-11-12-21-41(30)26(5)6)23-27(7)36(44)42-22-14-19-31(42)38(46)47-33-20-13-16-28-15-9-10-17-29(28)33/h9-10,15,17,23-26,30-34H,11-14,16,18-22H2,1-8H3,(H,39,43)/b27-23+/t30-,31+,32?,33?,34?/m1/s1. The Labute approximate surface area is 282 Å². The van der Waals surface area contributed by atoms with Crippen molar-refractivity contribution in [1.82, 2.24) is 20.0 Å². The van der Waals surface area contributed by atoms with Gasteiger partial charge in [-0.3, -0.25) is 19.3 Å². The van der Waals surface area contributed by atoms with E-state index in [-0.39, 0.29) is 59.8 Å². The van der Waals surface area contributed by atoms with Crippen molar-refractivity contribution in [2.24, 2.45) is 11.8 Å². The molecule has 3 amide bonds. The lowest BCUT2D eigenvalue weighted by Crippen LogP contribution is -2.58. The van der Waals surface area contributed by atoms with E-state index in [1.54, 1.807) is 23.8 Å². The second-order valence-electron chi connectivity index (χ2n) is 14.8. The molecule has 0 bridgehead atoms. The van der Waals surface area contributed by atoms with Crippen LogP contribution in [0.25, 0.3) is 0 Å². The first-order valence-corrected chi connectivity index (χ1v) is 17.9. The Hall–Kier alpha value is -3.20. The van der Waals surface area contributed by atoms with Gasteiger partial charge in [-0.15, -0.1) is 0 Å². The van der Waals surface area contributed by atoms with Gasteiger partial charge in [0.15, 0.2) is 0 Å². The molecule has 1 aromatic rings. The highest BCUT2D eigenvalue weighted by Crippen LogP contribution is 2.34. The van der Waals surface area contributed by atoms with Crippen LogP contribution in [0.15, 0.2) is 35.9 Å². The summed E-state index contributed by atoms with van der Waals surface area (Å²) >= 11 is 0. The van der Waals surface area contributed by atoms with Crippen LogP contribution < -0.4 is 5.32 Å². The molecule has 2 saturated heterocycles. The van der Waals surface area contributed by atoms with Crippen molar-refractivity contribution in [3.05, 3.63) is 47.0 Å². The van der Waals surface area contributed by atoms with Gasteiger partial charge in [-0.2, -0.15) is 0 Å². The molecule has 1 aromatic carbocycles. The van der Waals surface area contributed by atoms with Crippen molar-refractivity contribution >= 4 is 23.7 Å². The van der Waals surface area contributed by atoms with Crippen LogP contribution in [0.5, 0.6) is 0 Å². The van der Waals surface area contributed by atoms with E-state index in [1.807, 2.05) is 52.0 Å². The van der Waals surface area contributed by atoms with Crippen molar-refractivity contribution < 1.29 is 23.9 Å². The second kappa shape index (κ2) is 16.3. The molecule has 2 heterocycles. The summed E-state index contributed by atoms with van der Waals surface area (Å²) in [4.78, 5) is 60.4. The summed E-state index contributed by atoms with van der Waals surface area (Å²) in [5, 5.41) is 3.11. The van der Waals surface area contributed by atoms with E-state index in [4.69, 9.17) is 4.74 Å². The normalized spacial score (nSPS) is 23.4. The van der Waals surface area contributed by atoms with Crippen LogP contribution in [0.3, 0.4) is 0 Å². The first kappa shape index (κ1) is 36.6. The number of amides is 3. The molecule has 3 aliphatic rings. The fraction of sp³-hybridized carbons (Fsp3) is 0.684. The maximum atomic E-state index is 14.0. The minimum atomic E-state index is -0.684. The van der Waals surface area contributed by atoms with Crippen molar-refractivity contribution in [3.63, 3.8) is 0 Å². The van der Waals surface area contributed by atoms with Gasteiger partial charge in [0.1, 0.15) is 18.2 Å². The van der Waals surface area contributed by atoms with Gasteiger partial charge >= 0.3 is 5.97 Å². The van der Waals surface area contributed by atoms with E-state index < -0.39 is 12.1 Å². The fourth-order valence-corrected chi connectivity index (χ4v) is 7.59. The number of hydrogen-bond donors (Lipinski definition) is 1. The number of carbonyl (C=O) groups is 4. The maximum Gasteiger partial charge on any atom is 0.329 e. The number of nitrogens with one attached hydrogen (secondary N) is 1. The highest BCUT2D eigenvalue weighted by atomic mass is 16.5. The van der Waals surface area contributed by atoms with Gasteiger partial charge in [0.05, 0.1) is 12.1 Å². The quantitative estimate of drug-likeness (QED) is 0.253. The third-order valence-electron chi connectivity index (χ3n) is 10.3. The average Bonchev–Trinajstić information content (AvgIpc) is 3.55. The van der Waals surface area contributed by atoms with E-state index in [1.165, 1.54) is 5.56 Å². The first-order chi connectivity index (χ1) is 22.3. The van der Waals surface area contributed by atoms with Gasteiger partial charge in [-0.25, -0.2) is 4.79 Å². The van der Waals surface area contributed by atoms with Crippen LogP contribution in [0.4, 0.5) is 0 Å². The Kier molecular flexibility index (Phi) is 12.7. The average molecular weight is 651 g/mol. The van der Waals surface area contributed by atoms with Gasteiger partial charge in [0.2, 0.25) is 17.7 Å². The molecule has 0 aromatic heterocycles. The predicted molar refractivity (Wildman–Crippen MR) is 184 cm³/mol. The number of carbonyl (C=O) groups excluding carboxylic acids is 4. The smallest absolute Gasteiger partial charge is 0.329 e. The van der Waals surface area contributed by atoms with Crippen LogP contribution in [0, 0.1) is 11.8 Å². The zero-order valence-electron chi connectivity index (χ0n) is 30.0. The minimum absolute atomic E-state index is 0.00991. The van der Waals surface area contributed by atoms with Crippen molar-refractivity contribution in [2.45, 2.75) is 136 Å². The molecule has 5 atom stereocenters. The highest BCUT2D eigenvalue weighted by molar-refractivity contribution is 5.96. The fourth-order valence-electron chi connectivity index (χ4n) is 7.59. The Balaban J connectivity index is 1.45.